The minimum absolute atomic E-state index is 0.313. The Bertz CT molecular complexity index is 417. The Morgan fingerprint density at radius 2 is 2.00 bits per heavy atom. The van der Waals surface area contributed by atoms with Gasteiger partial charge in [-0.1, -0.05) is 30.5 Å². The van der Waals surface area contributed by atoms with E-state index in [1.165, 1.54) is 18.4 Å². The molecular weight excluding hydrogens is 224 g/mol. The van der Waals surface area contributed by atoms with Crippen LogP contribution in [0.15, 0.2) is 18.2 Å². The van der Waals surface area contributed by atoms with Gasteiger partial charge in [-0.2, -0.15) is 0 Å². The highest BCUT2D eigenvalue weighted by Gasteiger charge is 2.22. The highest BCUT2D eigenvalue weighted by molar-refractivity contribution is 5.81. The second-order valence-electron chi connectivity index (χ2n) is 5.32. The molecule has 98 valence electrons. The van der Waals surface area contributed by atoms with Crippen LogP contribution in [0.4, 0.5) is 0 Å². The first-order chi connectivity index (χ1) is 8.66. The first-order valence-electron chi connectivity index (χ1n) is 6.89. The lowest BCUT2D eigenvalue weighted by molar-refractivity contribution is -0.123. The van der Waals surface area contributed by atoms with Crippen LogP contribution >= 0.6 is 0 Å². The molecular formula is C16H22O2. The van der Waals surface area contributed by atoms with Crippen molar-refractivity contribution in [3.05, 3.63) is 29.3 Å². The van der Waals surface area contributed by atoms with Crippen molar-refractivity contribution >= 4 is 5.78 Å². The van der Waals surface area contributed by atoms with Crippen LogP contribution < -0.4 is 4.74 Å². The van der Waals surface area contributed by atoms with Crippen LogP contribution in [0.5, 0.6) is 5.75 Å². The summed E-state index contributed by atoms with van der Waals surface area (Å²) in [7, 11) is 0. The van der Waals surface area contributed by atoms with E-state index in [4.69, 9.17) is 4.74 Å². The van der Waals surface area contributed by atoms with Crippen LogP contribution in [0.3, 0.4) is 0 Å². The van der Waals surface area contributed by atoms with Crippen LogP contribution in [0.1, 0.15) is 43.2 Å². The van der Waals surface area contributed by atoms with Crippen LogP contribution in [0.2, 0.25) is 0 Å². The molecule has 1 aromatic rings. The van der Waals surface area contributed by atoms with Gasteiger partial charge in [0.15, 0.2) is 0 Å². The molecule has 0 aromatic heterocycles. The summed E-state index contributed by atoms with van der Waals surface area (Å²) in [4.78, 5) is 11.9. The molecule has 1 aliphatic carbocycles. The van der Waals surface area contributed by atoms with Crippen LogP contribution in [0.25, 0.3) is 0 Å². The predicted molar refractivity (Wildman–Crippen MR) is 73.0 cm³/mol. The number of benzene rings is 1. The smallest absolute Gasteiger partial charge is 0.139 e. The topological polar surface area (TPSA) is 26.3 Å². The van der Waals surface area contributed by atoms with E-state index in [-0.39, 0.29) is 0 Å². The van der Waals surface area contributed by atoms with Crippen LogP contribution in [-0.4, -0.2) is 12.4 Å². The number of ether oxygens (including phenoxy) is 1. The number of hydrogen-bond acceptors (Lipinski definition) is 2. The van der Waals surface area contributed by atoms with Crippen molar-refractivity contribution in [2.75, 3.05) is 6.61 Å². The number of ketones is 1. The SMILES string of the molecule is Cc1ccc(OCCC(=O)C2CCCC2)c(C)c1. The zero-order valence-electron chi connectivity index (χ0n) is 11.4. The molecule has 2 heteroatoms. The monoisotopic (exact) mass is 246 g/mol. The van der Waals surface area contributed by atoms with E-state index < -0.39 is 0 Å². The molecule has 0 N–H and O–H groups in total. The molecule has 0 radical (unpaired) electrons. The van der Waals surface area contributed by atoms with Gasteiger partial charge in [0.05, 0.1) is 6.61 Å². The fraction of sp³-hybridized carbons (Fsp3) is 0.562. The molecule has 1 aliphatic rings. The molecule has 0 bridgehead atoms. The number of hydrogen-bond donors (Lipinski definition) is 0. The van der Waals surface area contributed by atoms with E-state index in [1.807, 2.05) is 19.1 Å². The average Bonchev–Trinajstić information content (AvgIpc) is 2.85. The van der Waals surface area contributed by atoms with Gasteiger partial charge in [-0.25, -0.2) is 0 Å². The van der Waals surface area contributed by atoms with Gasteiger partial charge in [-0.3, -0.25) is 4.79 Å². The molecule has 1 fully saturated rings. The Kier molecular flexibility index (Phi) is 4.40. The van der Waals surface area contributed by atoms with Gasteiger partial charge in [0.1, 0.15) is 11.5 Å². The lowest BCUT2D eigenvalue weighted by Gasteiger charge is -2.11. The summed E-state index contributed by atoms with van der Waals surface area (Å²) in [5.41, 5.74) is 2.38. The minimum atomic E-state index is 0.313. The maximum Gasteiger partial charge on any atom is 0.139 e. The minimum Gasteiger partial charge on any atom is -0.493 e. The molecule has 2 nitrogen and oxygen atoms in total. The van der Waals surface area contributed by atoms with Gasteiger partial charge >= 0.3 is 0 Å². The third-order valence-electron chi connectivity index (χ3n) is 3.75. The molecule has 18 heavy (non-hydrogen) atoms. The van der Waals surface area contributed by atoms with E-state index in [2.05, 4.69) is 13.0 Å². The van der Waals surface area contributed by atoms with Crippen molar-refractivity contribution in [2.45, 2.75) is 46.0 Å². The fourth-order valence-corrected chi connectivity index (χ4v) is 2.67. The summed E-state index contributed by atoms with van der Waals surface area (Å²) in [6.07, 6.45) is 5.16. The second-order valence-corrected chi connectivity index (χ2v) is 5.32. The van der Waals surface area contributed by atoms with Crippen LogP contribution in [0, 0.1) is 19.8 Å². The number of carbonyl (C=O) groups excluding carboxylic acids is 1. The van der Waals surface area contributed by atoms with Gasteiger partial charge in [0.25, 0.3) is 0 Å². The molecule has 0 spiro atoms. The van der Waals surface area contributed by atoms with Crippen molar-refractivity contribution in [3.8, 4) is 5.75 Å². The van der Waals surface area contributed by atoms with Gasteiger partial charge < -0.3 is 4.74 Å². The van der Waals surface area contributed by atoms with Crippen molar-refractivity contribution in [1.29, 1.82) is 0 Å². The molecule has 1 saturated carbocycles. The highest BCUT2D eigenvalue weighted by atomic mass is 16.5. The molecule has 1 aromatic carbocycles. The first-order valence-corrected chi connectivity index (χ1v) is 6.89. The summed E-state index contributed by atoms with van der Waals surface area (Å²) in [6, 6.07) is 6.14. The second kappa shape index (κ2) is 6.03. The Morgan fingerprint density at radius 1 is 1.28 bits per heavy atom. The van der Waals surface area contributed by atoms with Crippen molar-refractivity contribution in [3.63, 3.8) is 0 Å². The molecule has 0 amide bonds. The molecule has 0 unspecified atom stereocenters. The van der Waals surface area contributed by atoms with E-state index in [9.17, 15) is 4.79 Å². The third kappa shape index (κ3) is 3.34. The van der Waals surface area contributed by atoms with Gasteiger partial charge in [0.2, 0.25) is 0 Å². The summed E-state index contributed by atoms with van der Waals surface area (Å²) >= 11 is 0. The highest BCUT2D eigenvalue weighted by Crippen LogP contribution is 2.26. The fourth-order valence-electron chi connectivity index (χ4n) is 2.67. The Hall–Kier alpha value is -1.31. The van der Waals surface area contributed by atoms with Crippen molar-refractivity contribution in [1.82, 2.24) is 0 Å². The van der Waals surface area contributed by atoms with Gasteiger partial charge in [-0.05, 0) is 38.3 Å². The number of aryl methyl sites for hydroxylation is 2. The van der Waals surface area contributed by atoms with Crippen molar-refractivity contribution < 1.29 is 9.53 Å². The number of carbonyl (C=O) groups is 1. The summed E-state index contributed by atoms with van der Waals surface area (Å²) < 4.78 is 5.70. The quantitative estimate of drug-likeness (QED) is 0.789. The zero-order chi connectivity index (χ0) is 13.0. The standard InChI is InChI=1S/C16H22O2/c1-12-7-8-16(13(2)11-12)18-10-9-15(17)14-5-3-4-6-14/h7-8,11,14H,3-6,9-10H2,1-2H3. The maximum atomic E-state index is 11.9. The number of Topliss-reactive ketones (excluding diaryl/α,β-unsaturated/α-hetero) is 1. The summed E-state index contributed by atoms with van der Waals surface area (Å²) in [5, 5.41) is 0. The average molecular weight is 246 g/mol. The van der Waals surface area contributed by atoms with E-state index in [0.717, 1.165) is 24.2 Å². The summed E-state index contributed by atoms with van der Waals surface area (Å²) in [6.45, 7) is 4.63. The van der Waals surface area contributed by atoms with Crippen molar-refractivity contribution in [2.24, 2.45) is 5.92 Å². The Labute approximate surface area is 109 Å². The summed E-state index contributed by atoms with van der Waals surface area (Å²) in [5.74, 6) is 1.60. The lowest BCUT2D eigenvalue weighted by Crippen LogP contribution is -2.14. The molecule has 2 rings (SSSR count). The zero-order valence-corrected chi connectivity index (χ0v) is 11.4. The Morgan fingerprint density at radius 3 is 2.67 bits per heavy atom. The Balaban J connectivity index is 1.79. The van der Waals surface area contributed by atoms with E-state index in [1.54, 1.807) is 0 Å². The maximum absolute atomic E-state index is 11.9. The molecule has 0 heterocycles. The molecule has 0 saturated heterocycles. The van der Waals surface area contributed by atoms with E-state index >= 15 is 0 Å². The molecule has 0 atom stereocenters. The normalized spacial score (nSPS) is 15.9. The first kappa shape index (κ1) is 13.1. The number of rotatable bonds is 5. The molecule has 0 aliphatic heterocycles. The van der Waals surface area contributed by atoms with E-state index in [0.29, 0.717) is 24.7 Å². The van der Waals surface area contributed by atoms with Gasteiger partial charge in [0, 0.05) is 12.3 Å². The largest absolute Gasteiger partial charge is 0.493 e. The van der Waals surface area contributed by atoms with Gasteiger partial charge in [-0.15, -0.1) is 0 Å². The third-order valence-corrected chi connectivity index (χ3v) is 3.75. The predicted octanol–water partition coefficient (Wildman–Crippen LogP) is 3.83. The lowest BCUT2D eigenvalue weighted by atomic mass is 10.0. The van der Waals surface area contributed by atoms with Crippen LogP contribution in [-0.2, 0) is 4.79 Å².